The maximum atomic E-state index is 11.3. The van der Waals surface area contributed by atoms with Crippen molar-refractivity contribution in [1.29, 1.82) is 0 Å². The van der Waals surface area contributed by atoms with Crippen molar-refractivity contribution in [2.24, 2.45) is 0 Å². The molecule has 0 rings (SSSR count). The van der Waals surface area contributed by atoms with Crippen LogP contribution >= 0.6 is 0 Å². The number of hydrogen-bond donors (Lipinski definition) is 3. The van der Waals surface area contributed by atoms with E-state index < -0.39 is 58.5 Å². The van der Waals surface area contributed by atoms with Gasteiger partial charge in [-0.2, -0.15) is 8.42 Å². The Bertz CT molecular complexity index is 501. The molecule has 0 aliphatic heterocycles. The van der Waals surface area contributed by atoms with Crippen LogP contribution in [0.25, 0.3) is 0 Å². The Hall–Kier alpha value is -0.534. The molecule has 0 aliphatic rings. The van der Waals surface area contributed by atoms with Crippen LogP contribution in [0, 0.1) is 0 Å². The maximum Gasteiger partial charge on any atom is 1.00 e. The van der Waals surface area contributed by atoms with Crippen LogP contribution in [0.5, 0.6) is 0 Å². The van der Waals surface area contributed by atoms with Crippen LogP contribution in [0.4, 0.5) is 0 Å². The Balaban J connectivity index is -0.00000162. The molecule has 110 valence electrons. The summed E-state index contributed by atoms with van der Waals surface area (Å²) < 4.78 is 26.5. The van der Waals surface area contributed by atoms with Gasteiger partial charge in [-0.05, 0) is 0 Å². The molecule has 20 heavy (non-hydrogen) atoms. The molecule has 0 radical (unpaired) electrons. The number of rotatable bonds is 8. The monoisotopic (exact) mass is 338 g/mol. The number of aliphatic carboxylic acids is 3. The summed E-state index contributed by atoms with van der Waals surface area (Å²) in [5, 5.41) is 22.7. The Morgan fingerprint density at radius 3 is 1.85 bits per heavy atom. The molecule has 3 N–H and O–H groups in total. The maximum absolute atomic E-state index is 11.3. The second kappa shape index (κ2) is 9.41. The molecule has 10 nitrogen and oxygen atoms in total. The van der Waals surface area contributed by atoms with Crippen molar-refractivity contribution in [2.45, 2.75) is 24.5 Å². The van der Waals surface area contributed by atoms with Gasteiger partial charge in [-0.1, -0.05) is 0 Å². The number of carboxylic acid groups (broad SMARTS) is 3. The van der Waals surface area contributed by atoms with Crippen LogP contribution in [0.3, 0.4) is 0 Å². The van der Waals surface area contributed by atoms with Crippen LogP contribution in [0.1, 0.15) is 20.7 Å². The predicted molar refractivity (Wildman–Crippen MR) is 56.7 cm³/mol. The molecule has 0 amide bonds. The fourth-order valence-corrected chi connectivity index (χ4v) is 1.96. The first-order valence-corrected chi connectivity index (χ1v) is 6.16. The zero-order valence-corrected chi connectivity index (χ0v) is 14.2. The van der Waals surface area contributed by atoms with Crippen molar-refractivity contribution in [3.05, 3.63) is 0 Å². The molecule has 0 aromatic carbocycles. The van der Waals surface area contributed by atoms with Gasteiger partial charge in [0.2, 0.25) is 5.25 Å². The number of carboxylic acids is 3. The van der Waals surface area contributed by atoms with Crippen LogP contribution in [-0.4, -0.2) is 52.9 Å². The van der Waals surface area contributed by atoms with Gasteiger partial charge in [0.05, 0.1) is 19.3 Å². The van der Waals surface area contributed by atoms with E-state index in [-0.39, 0.29) is 52.8 Å². The van der Waals surface area contributed by atoms with Gasteiger partial charge in [-0.3, -0.25) is 19.2 Å². The van der Waals surface area contributed by atoms with Crippen LogP contribution in [0.15, 0.2) is 0 Å². The van der Waals surface area contributed by atoms with Crippen molar-refractivity contribution in [2.75, 3.05) is 0 Å². The molecule has 0 bridgehead atoms. The molecule has 1 atom stereocenters. The summed E-state index contributed by atoms with van der Waals surface area (Å²) in [4.78, 5) is 42.0. The zero-order chi connectivity index (χ0) is 15.2. The van der Waals surface area contributed by atoms with Gasteiger partial charge in [0.25, 0.3) is 0 Å². The summed E-state index contributed by atoms with van der Waals surface area (Å²) in [5.74, 6) is -6.56. The van der Waals surface area contributed by atoms with Gasteiger partial charge in [0.1, 0.15) is 0 Å². The molecule has 0 fully saturated rings. The molecule has 0 aliphatic carbocycles. The number of carbonyl (C=O) groups excluding carboxylic acids is 1. The topological polar surface area (TPSA) is 172 Å². The standard InChI is InChI=1S/C8H10O10S.K.H/c9-5(10)1-2-7(13)18-19(16,17)4(8(14)15)3-6(11)12;;/h4H,1-3H2,(H,9,10)(H,11,12)(H,14,15);;/q;+1;-1. The summed E-state index contributed by atoms with van der Waals surface area (Å²) in [6.07, 6.45) is -2.77. The van der Waals surface area contributed by atoms with Crippen LogP contribution in [-0.2, 0) is 33.5 Å². The van der Waals surface area contributed by atoms with Crippen LogP contribution in [0.2, 0.25) is 0 Å². The molecule has 1 unspecified atom stereocenters. The Kier molecular flexibility index (Phi) is 10.2. The van der Waals surface area contributed by atoms with Crippen LogP contribution < -0.4 is 51.4 Å². The van der Waals surface area contributed by atoms with Crippen molar-refractivity contribution >= 4 is 34.0 Å². The zero-order valence-electron chi connectivity index (χ0n) is 11.3. The first-order chi connectivity index (χ1) is 8.56. The van der Waals surface area contributed by atoms with Gasteiger partial charge in [0.15, 0.2) is 0 Å². The summed E-state index contributed by atoms with van der Waals surface area (Å²) >= 11 is 0. The fourth-order valence-electron chi connectivity index (χ4n) is 0.910. The largest absolute Gasteiger partial charge is 1.00 e. The Morgan fingerprint density at radius 1 is 1.00 bits per heavy atom. The number of hydrogen-bond acceptors (Lipinski definition) is 7. The normalized spacial score (nSPS) is 11.8. The smallest absolute Gasteiger partial charge is 1.00 e. The van der Waals surface area contributed by atoms with Crippen molar-refractivity contribution in [1.82, 2.24) is 0 Å². The van der Waals surface area contributed by atoms with E-state index in [4.69, 9.17) is 15.3 Å². The Morgan fingerprint density at radius 2 is 1.50 bits per heavy atom. The average Bonchev–Trinajstić information content (AvgIpc) is 2.21. The molecule has 0 heterocycles. The van der Waals surface area contributed by atoms with Gasteiger partial charge in [-0.25, -0.2) is 0 Å². The van der Waals surface area contributed by atoms with E-state index >= 15 is 0 Å². The minimum absolute atomic E-state index is 0. The fraction of sp³-hybridized carbons (Fsp3) is 0.500. The summed E-state index contributed by atoms with van der Waals surface area (Å²) in [7, 11) is -4.99. The molecular formula is C8H11KO10S. The molecule has 0 spiro atoms. The quantitative estimate of drug-likeness (QED) is 0.291. The molecule has 0 saturated carbocycles. The van der Waals surface area contributed by atoms with E-state index in [0.717, 1.165) is 0 Å². The van der Waals surface area contributed by atoms with Gasteiger partial charge in [0, 0.05) is 0 Å². The van der Waals surface area contributed by atoms with E-state index in [1.165, 1.54) is 0 Å². The first kappa shape index (κ1) is 21.8. The second-order valence-corrected chi connectivity index (χ2v) is 4.99. The third-order valence-corrected chi connectivity index (χ3v) is 3.22. The molecule has 0 saturated heterocycles. The summed E-state index contributed by atoms with van der Waals surface area (Å²) in [6, 6.07) is 0. The SMILES string of the molecule is O=C(O)CCC(=O)OS(=O)(=O)C(CC(=O)O)C(=O)O.[H-].[K+]. The molecule has 0 aromatic rings. The Labute approximate surface area is 157 Å². The van der Waals surface area contributed by atoms with Crippen molar-refractivity contribution in [3.63, 3.8) is 0 Å². The molecule has 12 heteroatoms. The summed E-state index contributed by atoms with van der Waals surface area (Å²) in [6.45, 7) is 0. The van der Waals surface area contributed by atoms with Gasteiger partial charge in [-0.15, -0.1) is 0 Å². The molecular weight excluding hydrogens is 327 g/mol. The third kappa shape index (κ3) is 8.60. The van der Waals surface area contributed by atoms with Crippen molar-refractivity contribution in [3.8, 4) is 0 Å². The van der Waals surface area contributed by atoms with E-state index in [9.17, 15) is 27.6 Å². The van der Waals surface area contributed by atoms with Gasteiger partial charge < -0.3 is 20.9 Å². The molecule has 0 aromatic heterocycles. The van der Waals surface area contributed by atoms with E-state index in [1.54, 1.807) is 0 Å². The van der Waals surface area contributed by atoms with Gasteiger partial charge >= 0.3 is 85.4 Å². The van der Waals surface area contributed by atoms with E-state index in [0.29, 0.717) is 0 Å². The van der Waals surface area contributed by atoms with E-state index in [2.05, 4.69) is 4.18 Å². The minimum Gasteiger partial charge on any atom is -1.00 e. The second-order valence-electron chi connectivity index (χ2n) is 3.27. The minimum atomic E-state index is -4.99. The number of carbonyl (C=O) groups is 4. The summed E-state index contributed by atoms with van der Waals surface area (Å²) in [5.41, 5.74) is 0. The first-order valence-electron chi connectivity index (χ1n) is 4.68. The average molecular weight is 338 g/mol. The van der Waals surface area contributed by atoms with E-state index in [1.807, 2.05) is 0 Å². The third-order valence-electron chi connectivity index (χ3n) is 1.74. The van der Waals surface area contributed by atoms with Crippen molar-refractivity contribution < 1.29 is 99.9 Å². The predicted octanol–water partition coefficient (Wildman–Crippen LogP) is -4.23.